The Morgan fingerprint density at radius 2 is 1.89 bits per heavy atom. The summed E-state index contributed by atoms with van der Waals surface area (Å²) in [5.74, 6) is 0.845. The molecular weight excluding hydrogens is 242 g/mol. The standard InChI is InChI=1S/C15H25NO3/c1-4-10-19-14-7-5-13(6-8-14)15(17)12(2)16-9-11-18-3/h5-8,12,15-17H,4,9-11H2,1-3H3. The van der Waals surface area contributed by atoms with Crippen LogP contribution in [0.3, 0.4) is 0 Å². The Bertz CT molecular complexity index is 340. The van der Waals surface area contributed by atoms with E-state index in [2.05, 4.69) is 12.2 Å². The summed E-state index contributed by atoms with van der Waals surface area (Å²) in [6.45, 7) is 6.12. The number of ether oxygens (including phenoxy) is 2. The molecular formula is C15H25NO3. The Morgan fingerprint density at radius 1 is 1.21 bits per heavy atom. The molecule has 108 valence electrons. The SMILES string of the molecule is CCCOc1ccc(C(O)C(C)NCCOC)cc1. The van der Waals surface area contributed by atoms with Crippen molar-refractivity contribution in [2.24, 2.45) is 0 Å². The summed E-state index contributed by atoms with van der Waals surface area (Å²) < 4.78 is 10.5. The zero-order valence-corrected chi connectivity index (χ0v) is 12.1. The van der Waals surface area contributed by atoms with Gasteiger partial charge in [0.2, 0.25) is 0 Å². The molecule has 0 saturated carbocycles. The summed E-state index contributed by atoms with van der Waals surface area (Å²) in [5, 5.41) is 13.4. The number of aliphatic hydroxyl groups is 1. The van der Waals surface area contributed by atoms with E-state index in [-0.39, 0.29) is 6.04 Å². The Balaban J connectivity index is 2.49. The second-order valence-electron chi connectivity index (χ2n) is 4.60. The van der Waals surface area contributed by atoms with Gasteiger partial charge in [-0.15, -0.1) is 0 Å². The van der Waals surface area contributed by atoms with Gasteiger partial charge in [-0.05, 0) is 31.0 Å². The number of aliphatic hydroxyl groups excluding tert-OH is 1. The van der Waals surface area contributed by atoms with Crippen LogP contribution in [-0.2, 0) is 4.74 Å². The van der Waals surface area contributed by atoms with Gasteiger partial charge in [-0.1, -0.05) is 19.1 Å². The van der Waals surface area contributed by atoms with Crippen LogP contribution in [0.25, 0.3) is 0 Å². The molecule has 1 aromatic rings. The highest BCUT2D eigenvalue weighted by atomic mass is 16.5. The van der Waals surface area contributed by atoms with Crippen molar-refractivity contribution >= 4 is 0 Å². The zero-order valence-electron chi connectivity index (χ0n) is 12.1. The molecule has 2 unspecified atom stereocenters. The molecule has 4 nitrogen and oxygen atoms in total. The summed E-state index contributed by atoms with van der Waals surface area (Å²) in [5.41, 5.74) is 0.890. The second kappa shape index (κ2) is 8.91. The van der Waals surface area contributed by atoms with Gasteiger partial charge in [0, 0.05) is 19.7 Å². The Labute approximate surface area is 115 Å². The molecule has 0 amide bonds. The van der Waals surface area contributed by atoms with E-state index < -0.39 is 6.10 Å². The van der Waals surface area contributed by atoms with Gasteiger partial charge >= 0.3 is 0 Å². The zero-order chi connectivity index (χ0) is 14.1. The van der Waals surface area contributed by atoms with Gasteiger partial charge in [-0.2, -0.15) is 0 Å². The fraction of sp³-hybridized carbons (Fsp3) is 0.600. The summed E-state index contributed by atoms with van der Waals surface area (Å²) in [4.78, 5) is 0. The van der Waals surface area contributed by atoms with E-state index in [0.29, 0.717) is 6.61 Å². The molecule has 0 aromatic heterocycles. The van der Waals surface area contributed by atoms with Crippen molar-refractivity contribution in [3.8, 4) is 5.75 Å². The highest BCUT2D eigenvalue weighted by molar-refractivity contribution is 5.29. The van der Waals surface area contributed by atoms with Crippen molar-refractivity contribution in [3.05, 3.63) is 29.8 Å². The molecule has 0 radical (unpaired) electrons. The first-order chi connectivity index (χ1) is 9.19. The Hall–Kier alpha value is -1.10. The second-order valence-corrected chi connectivity index (χ2v) is 4.60. The normalized spacial score (nSPS) is 14.1. The highest BCUT2D eigenvalue weighted by Crippen LogP contribution is 2.20. The molecule has 0 saturated heterocycles. The maximum absolute atomic E-state index is 10.2. The third-order valence-electron chi connectivity index (χ3n) is 2.94. The van der Waals surface area contributed by atoms with Crippen LogP contribution in [-0.4, -0.2) is 38.0 Å². The van der Waals surface area contributed by atoms with Crippen LogP contribution in [0.2, 0.25) is 0 Å². The van der Waals surface area contributed by atoms with Crippen molar-refractivity contribution < 1.29 is 14.6 Å². The molecule has 0 aliphatic heterocycles. The molecule has 2 N–H and O–H groups in total. The molecule has 19 heavy (non-hydrogen) atoms. The van der Waals surface area contributed by atoms with Crippen molar-refractivity contribution in [1.29, 1.82) is 0 Å². The average Bonchev–Trinajstić information content (AvgIpc) is 2.45. The maximum Gasteiger partial charge on any atom is 0.119 e. The predicted molar refractivity (Wildman–Crippen MR) is 76.5 cm³/mol. The molecule has 0 spiro atoms. The van der Waals surface area contributed by atoms with Gasteiger partial charge in [0.25, 0.3) is 0 Å². The van der Waals surface area contributed by atoms with Crippen LogP contribution < -0.4 is 10.1 Å². The topological polar surface area (TPSA) is 50.7 Å². The minimum atomic E-state index is -0.530. The van der Waals surface area contributed by atoms with E-state index in [0.717, 1.165) is 30.9 Å². The average molecular weight is 267 g/mol. The molecule has 0 bridgehead atoms. The lowest BCUT2D eigenvalue weighted by atomic mass is 10.0. The van der Waals surface area contributed by atoms with Gasteiger partial charge in [0.05, 0.1) is 19.3 Å². The minimum absolute atomic E-state index is 0.0161. The third-order valence-corrected chi connectivity index (χ3v) is 2.94. The molecule has 0 aliphatic rings. The first-order valence-corrected chi connectivity index (χ1v) is 6.82. The van der Waals surface area contributed by atoms with E-state index in [1.165, 1.54) is 0 Å². The summed E-state index contributed by atoms with van der Waals surface area (Å²) >= 11 is 0. The summed E-state index contributed by atoms with van der Waals surface area (Å²) in [7, 11) is 1.66. The van der Waals surface area contributed by atoms with Crippen LogP contribution in [0, 0.1) is 0 Å². The number of methoxy groups -OCH3 is 1. The van der Waals surface area contributed by atoms with Crippen LogP contribution in [0.4, 0.5) is 0 Å². The number of hydrogen-bond acceptors (Lipinski definition) is 4. The van der Waals surface area contributed by atoms with E-state index >= 15 is 0 Å². The molecule has 4 heteroatoms. The number of benzene rings is 1. The first kappa shape index (κ1) is 16.0. The van der Waals surface area contributed by atoms with E-state index in [1.807, 2.05) is 31.2 Å². The van der Waals surface area contributed by atoms with Crippen molar-refractivity contribution in [1.82, 2.24) is 5.32 Å². The van der Waals surface area contributed by atoms with Crippen LogP contribution >= 0.6 is 0 Å². The van der Waals surface area contributed by atoms with Crippen LogP contribution in [0.1, 0.15) is 31.9 Å². The largest absolute Gasteiger partial charge is 0.494 e. The smallest absolute Gasteiger partial charge is 0.119 e. The van der Waals surface area contributed by atoms with Crippen LogP contribution in [0.5, 0.6) is 5.75 Å². The third kappa shape index (κ3) is 5.59. The quantitative estimate of drug-likeness (QED) is 0.673. The lowest BCUT2D eigenvalue weighted by molar-refractivity contribution is 0.126. The van der Waals surface area contributed by atoms with E-state index in [1.54, 1.807) is 7.11 Å². The van der Waals surface area contributed by atoms with Crippen molar-refractivity contribution in [2.45, 2.75) is 32.4 Å². The van der Waals surface area contributed by atoms with Gasteiger partial charge in [-0.25, -0.2) is 0 Å². The predicted octanol–water partition coefficient (Wildman–Crippen LogP) is 2.13. The summed E-state index contributed by atoms with van der Waals surface area (Å²) in [6.07, 6.45) is 0.460. The lowest BCUT2D eigenvalue weighted by Gasteiger charge is -2.20. The van der Waals surface area contributed by atoms with E-state index in [4.69, 9.17) is 9.47 Å². The van der Waals surface area contributed by atoms with Crippen molar-refractivity contribution in [3.63, 3.8) is 0 Å². The fourth-order valence-corrected chi connectivity index (χ4v) is 1.77. The summed E-state index contributed by atoms with van der Waals surface area (Å²) in [6, 6.07) is 7.60. The van der Waals surface area contributed by atoms with Crippen molar-refractivity contribution in [2.75, 3.05) is 26.9 Å². The monoisotopic (exact) mass is 267 g/mol. The lowest BCUT2D eigenvalue weighted by Crippen LogP contribution is -2.34. The molecule has 0 fully saturated rings. The molecule has 1 rings (SSSR count). The van der Waals surface area contributed by atoms with Gasteiger partial charge in [-0.3, -0.25) is 0 Å². The van der Waals surface area contributed by atoms with Gasteiger partial charge in [0.15, 0.2) is 0 Å². The Morgan fingerprint density at radius 3 is 2.47 bits per heavy atom. The minimum Gasteiger partial charge on any atom is -0.494 e. The Kier molecular flexibility index (Phi) is 7.48. The van der Waals surface area contributed by atoms with Gasteiger partial charge < -0.3 is 19.9 Å². The molecule has 0 heterocycles. The fourth-order valence-electron chi connectivity index (χ4n) is 1.77. The highest BCUT2D eigenvalue weighted by Gasteiger charge is 2.15. The maximum atomic E-state index is 10.2. The van der Waals surface area contributed by atoms with E-state index in [9.17, 15) is 5.11 Å². The van der Waals surface area contributed by atoms with Crippen LogP contribution in [0.15, 0.2) is 24.3 Å². The molecule has 1 aromatic carbocycles. The number of nitrogens with one attached hydrogen (secondary N) is 1. The molecule has 2 atom stereocenters. The number of rotatable bonds is 9. The van der Waals surface area contributed by atoms with Gasteiger partial charge in [0.1, 0.15) is 5.75 Å². The number of hydrogen-bond donors (Lipinski definition) is 2. The molecule has 0 aliphatic carbocycles. The first-order valence-electron chi connectivity index (χ1n) is 6.82.